The van der Waals surface area contributed by atoms with Crippen LogP contribution in [0.4, 0.5) is 4.79 Å². The number of carbonyl (C=O) groups is 1. The van der Waals surface area contributed by atoms with Crippen molar-refractivity contribution in [1.29, 1.82) is 0 Å². The molecule has 0 spiro atoms. The summed E-state index contributed by atoms with van der Waals surface area (Å²) in [6.07, 6.45) is 3.84. The van der Waals surface area contributed by atoms with Crippen LogP contribution < -0.4 is 0 Å². The van der Waals surface area contributed by atoms with E-state index in [0.717, 1.165) is 4.48 Å². The normalized spacial score (nSPS) is 27.0. The van der Waals surface area contributed by atoms with Crippen LogP contribution in [-0.4, -0.2) is 28.7 Å². The minimum atomic E-state index is -0.455. The third-order valence-corrected chi connectivity index (χ3v) is 5.74. The first-order valence-corrected chi connectivity index (χ1v) is 9.38. The Morgan fingerprint density at radius 3 is 2.53 bits per heavy atom. The SMILES string of the molecule is CC(C)(C)OC(=O)N1C2C=CC1C(SI)=C2Br. The lowest BCUT2D eigenvalue weighted by molar-refractivity contribution is 0.0244. The van der Waals surface area contributed by atoms with Gasteiger partial charge in [-0.1, -0.05) is 37.0 Å². The van der Waals surface area contributed by atoms with Crippen molar-refractivity contribution in [2.75, 3.05) is 0 Å². The molecule has 6 heteroatoms. The largest absolute Gasteiger partial charge is 0.444 e. The topological polar surface area (TPSA) is 29.5 Å². The van der Waals surface area contributed by atoms with E-state index in [2.05, 4.69) is 43.2 Å². The zero-order valence-electron chi connectivity index (χ0n) is 9.74. The van der Waals surface area contributed by atoms with Gasteiger partial charge in [-0.05, 0) is 20.8 Å². The maximum Gasteiger partial charge on any atom is 0.411 e. The van der Waals surface area contributed by atoms with Crippen LogP contribution in [0.15, 0.2) is 21.5 Å². The second-order valence-electron chi connectivity index (χ2n) is 4.95. The van der Waals surface area contributed by atoms with Gasteiger partial charge in [0.25, 0.3) is 0 Å². The average molecular weight is 430 g/mol. The third kappa shape index (κ3) is 2.53. The number of amides is 1. The highest BCUT2D eigenvalue weighted by Gasteiger charge is 2.45. The van der Waals surface area contributed by atoms with E-state index in [-0.39, 0.29) is 18.2 Å². The van der Waals surface area contributed by atoms with Gasteiger partial charge in [-0.3, -0.25) is 4.90 Å². The molecule has 2 aliphatic rings. The van der Waals surface area contributed by atoms with Crippen LogP contribution in [0.2, 0.25) is 0 Å². The van der Waals surface area contributed by atoms with Gasteiger partial charge in [0.2, 0.25) is 0 Å². The number of carbonyl (C=O) groups excluding carboxylic acids is 1. The average Bonchev–Trinajstić information content (AvgIpc) is 2.70. The third-order valence-electron chi connectivity index (χ3n) is 2.53. The van der Waals surface area contributed by atoms with Crippen molar-refractivity contribution >= 4 is 52.2 Å². The Labute approximate surface area is 126 Å². The summed E-state index contributed by atoms with van der Waals surface area (Å²) in [4.78, 5) is 15.1. The van der Waals surface area contributed by atoms with E-state index in [1.807, 2.05) is 26.8 Å². The molecular weight excluding hydrogens is 417 g/mol. The Balaban J connectivity index is 2.15. The van der Waals surface area contributed by atoms with E-state index in [4.69, 9.17) is 4.74 Å². The molecule has 2 aliphatic heterocycles. The van der Waals surface area contributed by atoms with Crippen molar-refractivity contribution in [2.24, 2.45) is 0 Å². The molecule has 2 heterocycles. The number of ether oxygens (including phenoxy) is 1. The lowest BCUT2D eigenvalue weighted by Gasteiger charge is -2.28. The van der Waals surface area contributed by atoms with Crippen molar-refractivity contribution in [1.82, 2.24) is 4.90 Å². The van der Waals surface area contributed by atoms with Gasteiger partial charge < -0.3 is 4.74 Å². The molecular formula is C11H13BrINO2S. The molecule has 2 rings (SSSR count). The number of fused-ring (bicyclic) bond motifs is 2. The van der Waals surface area contributed by atoms with Crippen LogP contribution in [-0.2, 0) is 4.74 Å². The first kappa shape index (κ1) is 13.7. The Bertz CT molecular complexity index is 416. The van der Waals surface area contributed by atoms with Crippen LogP contribution in [0.25, 0.3) is 0 Å². The summed E-state index contributed by atoms with van der Waals surface area (Å²) < 4.78 is 6.51. The second kappa shape index (κ2) is 4.77. The summed E-state index contributed by atoms with van der Waals surface area (Å²) >= 11 is 5.81. The highest BCUT2D eigenvalue weighted by atomic mass is 127. The molecule has 0 aromatic carbocycles. The summed E-state index contributed by atoms with van der Waals surface area (Å²) in [5.74, 6) is 0. The Hall–Kier alpha value is 0.310. The van der Waals surface area contributed by atoms with Crippen LogP contribution in [0.3, 0.4) is 0 Å². The number of nitrogens with zero attached hydrogens (tertiary/aromatic N) is 1. The van der Waals surface area contributed by atoms with Crippen molar-refractivity contribution in [3.05, 3.63) is 21.5 Å². The van der Waals surface area contributed by atoms with Crippen LogP contribution in [0.1, 0.15) is 20.8 Å². The Morgan fingerprint density at radius 1 is 1.47 bits per heavy atom. The van der Waals surface area contributed by atoms with Gasteiger partial charge in [-0.25, -0.2) is 4.79 Å². The van der Waals surface area contributed by atoms with E-state index in [1.54, 1.807) is 13.8 Å². The minimum absolute atomic E-state index is 0.00659. The van der Waals surface area contributed by atoms with Crippen molar-refractivity contribution < 1.29 is 9.53 Å². The predicted molar refractivity (Wildman–Crippen MR) is 82.4 cm³/mol. The summed E-state index contributed by atoms with van der Waals surface area (Å²) in [6.45, 7) is 5.65. The zero-order chi connectivity index (χ0) is 12.8. The highest BCUT2D eigenvalue weighted by Crippen LogP contribution is 2.47. The van der Waals surface area contributed by atoms with Crippen molar-refractivity contribution in [3.8, 4) is 0 Å². The molecule has 0 saturated heterocycles. The smallest absolute Gasteiger partial charge is 0.411 e. The van der Waals surface area contributed by atoms with Crippen LogP contribution in [0, 0.1) is 0 Å². The molecule has 0 aromatic heterocycles. The van der Waals surface area contributed by atoms with Gasteiger partial charge in [-0.2, -0.15) is 0 Å². The highest BCUT2D eigenvalue weighted by molar-refractivity contribution is 14.2. The zero-order valence-corrected chi connectivity index (χ0v) is 14.3. The molecule has 1 amide bonds. The standard InChI is InChI=1S/C11H13BrINO2S/c1-11(2,3)16-10(15)14-6-4-5-7(14)9(17-13)8(6)12/h4-7H,1-3H3. The quantitative estimate of drug-likeness (QED) is 0.461. The first-order valence-electron chi connectivity index (χ1n) is 5.23. The molecule has 0 aliphatic carbocycles. The lowest BCUT2D eigenvalue weighted by Crippen LogP contribution is -2.41. The Kier molecular flexibility index (Phi) is 3.85. The summed E-state index contributed by atoms with van der Waals surface area (Å²) in [5, 5.41) is 0. The van der Waals surface area contributed by atoms with Gasteiger partial charge in [0.05, 0.1) is 12.1 Å². The minimum Gasteiger partial charge on any atom is -0.444 e. The second-order valence-corrected chi connectivity index (χ2v) is 7.72. The molecule has 0 aromatic rings. The van der Waals surface area contributed by atoms with E-state index < -0.39 is 5.60 Å². The van der Waals surface area contributed by atoms with E-state index in [0.29, 0.717) is 0 Å². The van der Waals surface area contributed by atoms with Crippen LogP contribution >= 0.6 is 46.1 Å². The summed E-state index contributed by atoms with van der Waals surface area (Å²) in [6, 6.07) is 0.0400. The lowest BCUT2D eigenvalue weighted by atomic mass is 10.2. The van der Waals surface area contributed by atoms with E-state index >= 15 is 0 Å². The first-order chi connectivity index (χ1) is 7.85. The maximum atomic E-state index is 12.1. The summed E-state index contributed by atoms with van der Waals surface area (Å²) in [5.41, 5.74) is -0.455. The number of hydrogen-bond acceptors (Lipinski definition) is 3. The molecule has 0 radical (unpaired) electrons. The summed E-state index contributed by atoms with van der Waals surface area (Å²) in [7, 11) is 1.64. The fourth-order valence-corrected chi connectivity index (χ4v) is 5.63. The van der Waals surface area contributed by atoms with E-state index in [9.17, 15) is 4.79 Å². The predicted octanol–water partition coefficient (Wildman–Crippen LogP) is 4.23. The molecule has 2 bridgehead atoms. The number of halogens is 2. The number of hydrogen-bond donors (Lipinski definition) is 0. The van der Waals surface area contributed by atoms with Crippen LogP contribution in [0.5, 0.6) is 0 Å². The number of rotatable bonds is 1. The molecule has 2 unspecified atom stereocenters. The van der Waals surface area contributed by atoms with Gasteiger partial charge in [0, 0.05) is 30.6 Å². The van der Waals surface area contributed by atoms with Crippen molar-refractivity contribution in [3.63, 3.8) is 0 Å². The Morgan fingerprint density at radius 2 is 2.06 bits per heavy atom. The molecule has 94 valence electrons. The van der Waals surface area contributed by atoms with E-state index in [1.165, 1.54) is 4.91 Å². The molecule has 17 heavy (non-hydrogen) atoms. The molecule has 0 N–H and O–H groups in total. The van der Waals surface area contributed by atoms with Gasteiger partial charge >= 0.3 is 6.09 Å². The molecule has 2 atom stereocenters. The fourth-order valence-electron chi connectivity index (χ4n) is 1.90. The molecule has 0 saturated carbocycles. The monoisotopic (exact) mass is 429 g/mol. The maximum absolute atomic E-state index is 12.1. The molecule has 3 nitrogen and oxygen atoms in total. The molecule has 0 fully saturated rings. The van der Waals surface area contributed by atoms with Gasteiger partial charge in [-0.15, -0.1) is 0 Å². The van der Waals surface area contributed by atoms with Gasteiger partial charge in [0.15, 0.2) is 0 Å². The van der Waals surface area contributed by atoms with Gasteiger partial charge in [0.1, 0.15) is 5.60 Å². The van der Waals surface area contributed by atoms with Crippen molar-refractivity contribution in [2.45, 2.75) is 38.5 Å². The fraction of sp³-hybridized carbons (Fsp3) is 0.545.